The second kappa shape index (κ2) is 4.06. The highest BCUT2D eigenvalue weighted by Crippen LogP contribution is 2.38. The van der Waals surface area contributed by atoms with E-state index in [4.69, 9.17) is 15.2 Å². The van der Waals surface area contributed by atoms with Gasteiger partial charge in [-0.15, -0.1) is 0 Å². The lowest BCUT2D eigenvalue weighted by atomic mass is 10.4. The Hall–Kier alpha value is -1.41. The van der Waals surface area contributed by atoms with Gasteiger partial charge in [-0.3, -0.25) is 4.68 Å². The van der Waals surface area contributed by atoms with E-state index in [1.165, 1.54) is 17.1 Å². The summed E-state index contributed by atoms with van der Waals surface area (Å²) in [6, 6.07) is 0. The number of nitrogens with zero attached hydrogens (tertiary/aromatic N) is 4. The zero-order valence-electron chi connectivity index (χ0n) is 9.15. The van der Waals surface area contributed by atoms with Crippen molar-refractivity contribution >= 4 is 19.7 Å². The fraction of sp³-hybridized carbons (Fsp3) is 0.444. The summed E-state index contributed by atoms with van der Waals surface area (Å²) >= 11 is 0. The molecule has 0 saturated heterocycles. The largest absolute Gasteiger partial charge is 0.337 e. The predicted molar refractivity (Wildman–Crippen MR) is 60.6 cm³/mol. The van der Waals surface area contributed by atoms with Crippen LogP contribution in [0.2, 0.25) is 0 Å². The first-order chi connectivity index (χ1) is 8.52. The lowest BCUT2D eigenvalue weighted by Crippen LogP contribution is -2.00. The molecular formula is C9H9ClN4O3S. The quantitative estimate of drug-likeness (QED) is 0.783. The Labute approximate surface area is 107 Å². The average Bonchev–Trinajstić information content (AvgIpc) is 2.85. The fourth-order valence-electron chi connectivity index (χ4n) is 1.54. The van der Waals surface area contributed by atoms with E-state index >= 15 is 0 Å². The molecule has 0 aromatic carbocycles. The lowest BCUT2D eigenvalue weighted by Gasteiger charge is -1.93. The fourth-order valence-corrected chi connectivity index (χ4v) is 2.19. The van der Waals surface area contributed by atoms with Crippen molar-refractivity contribution in [2.45, 2.75) is 30.2 Å². The molecule has 2 aromatic rings. The van der Waals surface area contributed by atoms with Crippen molar-refractivity contribution in [1.29, 1.82) is 0 Å². The molecule has 96 valence electrons. The molecule has 0 unspecified atom stereocenters. The number of halogens is 1. The van der Waals surface area contributed by atoms with Gasteiger partial charge in [-0.05, 0) is 12.8 Å². The van der Waals surface area contributed by atoms with Gasteiger partial charge in [-0.25, -0.2) is 8.42 Å². The number of hydrogen-bond donors (Lipinski definition) is 0. The standard InChI is InChI=1S/C9H9ClN4O3S/c10-18(15,16)7-3-11-14(4-7)5-8-12-9(13-17-8)6-1-2-6/h3-4,6H,1-2,5H2. The average molecular weight is 289 g/mol. The van der Waals surface area contributed by atoms with Gasteiger partial charge in [0.05, 0.1) is 6.20 Å². The van der Waals surface area contributed by atoms with E-state index in [-0.39, 0.29) is 11.4 Å². The highest BCUT2D eigenvalue weighted by Gasteiger charge is 2.28. The van der Waals surface area contributed by atoms with Crippen molar-refractivity contribution in [1.82, 2.24) is 19.9 Å². The number of hydrogen-bond acceptors (Lipinski definition) is 6. The first-order valence-electron chi connectivity index (χ1n) is 5.32. The molecule has 0 atom stereocenters. The van der Waals surface area contributed by atoms with Crippen LogP contribution in [0.5, 0.6) is 0 Å². The third-order valence-electron chi connectivity index (χ3n) is 2.61. The maximum absolute atomic E-state index is 11.1. The summed E-state index contributed by atoms with van der Waals surface area (Å²) in [4.78, 5) is 4.17. The van der Waals surface area contributed by atoms with Crippen molar-refractivity contribution in [2.24, 2.45) is 0 Å². The summed E-state index contributed by atoms with van der Waals surface area (Å²) in [6.45, 7) is 0.228. The van der Waals surface area contributed by atoms with E-state index in [0.29, 0.717) is 17.6 Å². The van der Waals surface area contributed by atoms with E-state index < -0.39 is 9.05 Å². The van der Waals surface area contributed by atoms with Crippen LogP contribution in [-0.2, 0) is 15.6 Å². The van der Waals surface area contributed by atoms with Crippen LogP contribution in [0.25, 0.3) is 0 Å². The molecule has 18 heavy (non-hydrogen) atoms. The molecule has 0 spiro atoms. The maximum Gasteiger partial charge on any atom is 0.264 e. The Morgan fingerprint density at radius 2 is 2.28 bits per heavy atom. The zero-order chi connectivity index (χ0) is 12.8. The molecule has 2 aromatic heterocycles. The van der Waals surface area contributed by atoms with Crippen molar-refractivity contribution in [3.05, 3.63) is 24.1 Å². The Morgan fingerprint density at radius 3 is 2.89 bits per heavy atom. The highest BCUT2D eigenvalue weighted by molar-refractivity contribution is 8.13. The SMILES string of the molecule is O=S(=O)(Cl)c1cnn(Cc2nc(C3CC3)no2)c1. The molecule has 0 aliphatic heterocycles. The number of rotatable bonds is 4. The van der Waals surface area contributed by atoms with Crippen LogP contribution in [0.15, 0.2) is 21.8 Å². The van der Waals surface area contributed by atoms with E-state index in [0.717, 1.165) is 12.8 Å². The van der Waals surface area contributed by atoms with Gasteiger partial charge < -0.3 is 4.52 Å². The molecular weight excluding hydrogens is 280 g/mol. The highest BCUT2D eigenvalue weighted by atomic mass is 35.7. The smallest absolute Gasteiger partial charge is 0.264 e. The van der Waals surface area contributed by atoms with Gasteiger partial charge in [-0.2, -0.15) is 10.1 Å². The molecule has 3 rings (SSSR count). The number of aromatic nitrogens is 4. The summed E-state index contributed by atoms with van der Waals surface area (Å²) in [7, 11) is 1.45. The second-order valence-corrected chi connectivity index (χ2v) is 6.70. The first kappa shape index (κ1) is 11.7. The van der Waals surface area contributed by atoms with Crippen LogP contribution >= 0.6 is 10.7 Å². The Balaban J connectivity index is 1.77. The van der Waals surface area contributed by atoms with E-state index in [1.54, 1.807) is 0 Å². The summed E-state index contributed by atoms with van der Waals surface area (Å²) in [5, 5.41) is 7.73. The Kier molecular flexibility index (Phi) is 2.63. The lowest BCUT2D eigenvalue weighted by molar-refractivity contribution is 0.361. The minimum absolute atomic E-state index is 0.0499. The van der Waals surface area contributed by atoms with E-state index in [2.05, 4.69) is 15.2 Å². The van der Waals surface area contributed by atoms with Crippen molar-refractivity contribution in [3.63, 3.8) is 0 Å². The van der Waals surface area contributed by atoms with Crippen LogP contribution in [0.3, 0.4) is 0 Å². The molecule has 0 N–H and O–H groups in total. The van der Waals surface area contributed by atoms with Gasteiger partial charge in [0.1, 0.15) is 11.4 Å². The molecule has 9 heteroatoms. The summed E-state index contributed by atoms with van der Waals surface area (Å²) in [5.74, 6) is 1.53. The summed E-state index contributed by atoms with van der Waals surface area (Å²) in [5.41, 5.74) is 0. The van der Waals surface area contributed by atoms with Gasteiger partial charge >= 0.3 is 0 Å². The second-order valence-electron chi connectivity index (χ2n) is 4.13. The van der Waals surface area contributed by atoms with Crippen molar-refractivity contribution in [2.75, 3.05) is 0 Å². The van der Waals surface area contributed by atoms with Gasteiger partial charge in [0.2, 0.25) is 5.89 Å². The van der Waals surface area contributed by atoms with Crippen LogP contribution in [-0.4, -0.2) is 28.3 Å². The molecule has 0 radical (unpaired) electrons. The van der Waals surface area contributed by atoms with Crippen molar-refractivity contribution in [3.8, 4) is 0 Å². The summed E-state index contributed by atoms with van der Waals surface area (Å²) in [6.07, 6.45) is 4.69. The molecule has 0 bridgehead atoms. The topological polar surface area (TPSA) is 90.9 Å². The van der Waals surface area contributed by atoms with Crippen LogP contribution in [0.4, 0.5) is 0 Å². The molecule has 0 amide bonds. The third kappa shape index (κ3) is 2.39. The van der Waals surface area contributed by atoms with Gasteiger partial charge in [-0.1, -0.05) is 5.16 Å². The van der Waals surface area contributed by atoms with Crippen LogP contribution in [0, 0.1) is 0 Å². The normalized spacial score (nSPS) is 16.1. The van der Waals surface area contributed by atoms with Crippen LogP contribution < -0.4 is 0 Å². The molecule has 1 saturated carbocycles. The predicted octanol–water partition coefficient (Wildman–Crippen LogP) is 1.12. The maximum atomic E-state index is 11.1. The summed E-state index contributed by atoms with van der Waals surface area (Å²) < 4.78 is 28.6. The molecule has 1 fully saturated rings. The third-order valence-corrected chi connectivity index (χ3v) is 3.92. The monoisotopic (exact) mass is 288 g/mol. The van der Waals surface area contributed by atoms with Gasteiger partial charge in [0.25, 0.3) is 9.05 Å². The van der Waals surface area contributed by atoms with E-state index in [9.17, 15) is 8.42 Å². The van der Waals surface area contributed by atoms with E-state index in [1.807, 2.05) is 0 Å². The molecule has 1 aliphatic carbocycles. The molecule has 2 heterocycles. The zero-order valence-corrected chi connectivity index (χ0v) is 10.7. The molecule has 7 nitrogen and oxygen atoms in total. The van der Waals surface area contributed by atoms with Crippen molar-refractivity contribution < 1.29 is 12.9 Å². The van der Waals surface area contributed by atoms with Gasteiger partial charge in [0.15, 0.2) is 5.82 Å². The Morgan fingerprint density at radius 1 is 1.50 bits per heavy atom. The minimum Gasteiger partial charge on any atom is -0.337 e. The van der Waals surface area contributed by atoms with Crippen LogP contribution in [0.1, 0.15) is 30.5 Å². The Bertz CT molecular complexity index is 674. The van der Waals surface area contributed by atoms with Gasteiger partial charge in [0, 0.05) is 22.8 Å². The molecule has 1 aliphatic rings. The minimum atomic E-state index is -3.75. The first-order valence-corrected chi connectivity index (χ1v) is 7.63.